The van der Waals surface area contributed by atoms with E-state index in [4.69, 9.17) is 14.7 Å². The molecule has 3 amide bonds. The molecule has 136 valence electrons. The van der Waals surface area contributed by atoms with Gasteiger partial charge in [0.05, 0.1) is 6.54 Å². The molecule has 1 aliphatic heterocycles. The molecule has 1 heterocycles. The molecule has 0 aromatic heterocycles. The van der Waals surface area contributed by atoms with Crippen molar-refractivity contribution >= 4 is 12.1 Å². The lowest BCUT2D eigenvalue weighted by atomic mass is 10.2. The number of hydrogen-bond acceptors (Lipinski definition) is 5. The molecule has 8 nitrogen and oxygen atoms in total. The summed E-state index contributed by atoms with van der Waals surface area (Å²) in [5.41, 5.74) is 2.13. The minimum Gasteiger partial charge on any atom is -0.457 e. The number of urea groups is 1. The van der Waals surface area contributed by atoms with Crippen LogP contribution in [0, 0.1) is 5.82 Å². The first kappa shape index (κ1) is 17.5. The largest absolute Gasteiger partial charge is 0.457 e. The molecule has 26 heavy (non-hydrogen) atoms. The standard InChI is InChI=1S/C17H16FN3O5/c18-12-4-6-13(7-5-12)25-14-3-1-2-11(8-14)9-21-10-15(19-16(21)22)26-17(23)20-24/h1-8,15,24H,9-10H2,(H,19,22)(H,20,23)/t15-/m1/s1. The lowest BCUT2D eigenvalue weighted by Crippen LogP contribution is -2.34. The van der Waals surface area contributed by atoms with Crippen LogP contribution < -0.4 is 15.5 Å². The average molecular weight is 361 g/mol. The van der Waals surface area contributed by atoms with Crippen LogP contribution >= 0.6 is 0 Å². The van der Waals surface area contributed by atoms with Crippen molar-refractivity contribution < 1.29 is 28.7 Å². The highest BCUT2D eigenvalue weighted by molar-refractivity contribution is 5.77. The molecule has 1 atom stereocenters. The van der Waals surface area contributed by atoms with E-state index in [0.29, 0.717) is 11.5 Å². The molecule has 0 bridgehead atoms. The quantitative estimate of drug-likeness (QED) is 0.561. The first-order valence-electron chi connectivity index (χ1n) is 7.72. The fraction of sp³-hybridized carbons (Fsp3) is 0.176. The van der Waals surface area contributed by atoms with Gasteiger partial charge in [0.2, 0.25) is 0 Å². The number of nitrogens with zero attached hydrogens (tertiary/aromatic N) is 1. The average Bonchev–Trinajstić information content (AvgIpc) is 2.96. The summed E-state index contributed by atoms with van der Waals surface area (Å²) in [5, 5.41) is 10.9. The smallest absolute Gasteiger partial charge is 0.433 e. The van der Waals surface area contributed by atoms with Gasteiger partial charge in [-0.3, -0.25) is 5.21 Å². The molecular weight excluding hydrogens is 345 g/mol. The number of carbonyl (C=O) groups excluding carboxylic acids is 2. The summed E-state index contributed by atoms with van der Waals surface area (Å²) in [6.07, 6.45) is -1.90. The molecule has 2 aromatic rings. The van der Waals surface area contributed by atoms with E-state index in [1.54, 1.807) is 18.2 Å². The highest BCUT2D eigenvalue weighted by Crippen LogP contribution is 2.23. The number of halogens is 1. The Hall–Kier alpha value is -3.33. The molecule has 3 rings (SSSR count). The fourth-order valence-electron chi connectivity index (χ4n) is 2.48. The molecule has 0 spiro atoms. The first-order chi connectivity index (χ1) is 12.5. The zero-order valence-corrected chi connectivity index (χ0v) is 13.5. The lowest BCUT2D eigenvalue weighted by Gasteiger charge is -2.15. The van der Waals surface area contributed by atoms with Crippen molar-refractivity contribution in [1.82, 2.24) is 15.7 Å². The molecule has 0 aliphatic carbocycles. The Balaban J connectivity index is 1.62. The minimum atomic E-state index is -1.05. The van der Waals surface area contributed by atoms with E-state index in [1.165, 1.54) is 34.6 Å². The molecular formula is C17H16FN3O5. The van der Waals surface area contributed by atoms with Gasteiger partial charge in [0.1, 0.15) is 17.3 Å². The second-order valence-corrected chi connectivity index (χ2v) is 5.54. The number of ether oxygens (including phenoxy) is 2. The second kappa shape index (κ2) is 7.70. The number of hydroxylamine groups is 1. The third-order valence-electron chi connectivity index (χ3n) is 3.62. The van der Waals surface area contributed by atoms with E-state index in [2.05, 4.69) is 5.32 Å². The maximum Gasteiger partial charge on any atom is 0.433 e. The van der Waals surface area contributed by atoms with E-state index in [9.17, 15) is 14.0 Å². The first-order valence-corrected chi connectivity index (χ1v) is 7.72. The van der Waals surface area contributed by atoms with Crippen LogP contribution in [0.5, 0.6) is 11.5 Å². The Labute approximate surface area is 148 Å². The summed E-state index contributed by atoms with van der Waals surface area (Å²) in [5.74, 6) is 0.685. The molecule has 1 saturated heterocycles. The number of rotatable bonds is 5. The van der Waals surface area contributed by atoms with Gasteiger partial charge >= 0.3 is 12.1 Å². The molecule has 9 heteroatoms. The lowest BCUT2D eigenvalue weighted by molar-refractivity contribution is 0.0524. The summed E-state index contributed by atoms with van der Waals surface area (Å²) in [6.45, 7) is 0.405. The van der Waals surface area contributed by atoms with E-state index in [0.717, 1.165) is 5.56 Å². The summed E-state index contributed by atoms with van der Waals surface area (Å²) >= 11 is 0. The van der Waals surface area contributed by atoms with Crippen LogP contribution in [0.4, 0.5) is 14.0 Å². The highest BCUT2D eigenvalue weighted by Gasteiger charge is 2.31. The predicted octanol–water partition coefficient (Wildman–Crippen LogP) is 2.58. The van der Waals surface area contributed by atoms with Gasteiger partial charge in [-0.05, 0) is 42.0 Å². The second-order valence-electron chi connectivity index (χ2n) is 5.54. The van der Waals surface area contributed by atoms with Crippen molar-refractivity contribution in [2.45, 2.75) is 12.8 Å². The highest BCUT2D eigenvalue weighted by atomic mass is 19.1. The van der Waals surface area contributed by atoms with Crippen LogP contribution in [-0.4, -0.2) is 35.0 Å². The monoisotopic (exact) mass is 361 g/mol. The molecule has 2 aromatic carbocycles. The fourth-order valence-corrected chi connectivity index (χ4v) is 2.48. The summed E-state index contributed by atoms with van der Waals surface area (Å²) in [4.78, 5) is 24.4. The van der Waals surface area contributed by atoms with Gasteiger partial charge in [-0.2, -0.15) is 0 Å². The van der Waals surface area contributed by atoms with Gasteiger partial charge in [-0.1, -0.05) is 12.1 Å². The topological polar surface area (TPSA) is 100 Å². The summed E-state index contributed by atoms with van der Waals surface area (Å²) in [7, 11) is 0. The Morgan fingerprint density at radius 3 is 2.77 bits per heavy atom. The normalized spacial score (nSPS) is 16.2. The van der Waals surface area contributed by atoms with Gasteiger partial charge in [-0.25, -0.2) is 19.5 Å². The molecule has 3 N–H and O–H groups in total. The van der Waals surface area contributed by atoms with Crippen LogP contribution in [-0.2, 0) is 11.3 Å². The maximum atomic E-state index is 12.9. The molecule has 1 fully saturated rings. The summed E-state index contributed by atoms with van der Waals surface area (Å²) < 4.78 is 23.4. The Morgan fingerprint density at radius 1 is 1.27 bits per heavy atom. The van der Waals surface area contributed by atoms with Crippen LogP contribution in [0.2, 0.25) is 0 Å². The summed E-state index contributed by atoms with van der Waals surface area (Å²) in [6, 6.07) is 12.3. The SMILES string of the molecule is O=C(NO)O[C@@H]1CN(Cc2cccc(Oc3ccc(F)cc3)c2)C(=O)N1. The molecule has 1 aliphatic rings. The van der Waals surface area contributed by atoms with Crippen molar-refractivity contribution in [3.05, 3.63) is 59.9 Å². The molecule has 0 saturated carbocycles. The van der Waals surface area contributed by atoms with Crippen LogP contribution in [0.3, 0.4) is 0 Å². The number of nitrogens with one attached hydrogen (secondary N) is 2. The third kappa shape index (κ3) is 4.39. The predicted molar refractivity (Wildman–Crippen MR) is 87.0 cm³/mol. The van der Waals surface area contributed by atoms with Gasteiger partial charge in [0.15, 0.2) is 6.23 Å². The van der Waals surface area contributed by atoms with Gasteiger partial charge in [-0.15, -0.1) is 0 Å². The van der Waals surface area contributed by atoms with Crippen molar-refractivity contribution in [2.24, 2.45) is 0 Å². The molecule has 0 radical (unpaired) electrons. The Morgan fingerprint density at radius 2 is 2.04 bits per heavy atom. The van der Waals surface area contributed by atoms with Crippen molar-refractivity contribution in [3.63, 3.8) is 0 Å². The van der Waals surface area contributed by atoms with Crippen LogP contribution in [0.15, 0.2) is 48.5 Å². The zero-order valence-electron chi connectivity index (χ0n) is 13.5. The Bertz CT molecular complexity index is 799. The van der Waals surface area contributed by atoms with Crippen LogP contribution in [0.25, 0.3) is 0 Å². The van der Waals surface area contributed by atoms with Crippen LogP contribution in [0.1, 0.15) is 5.56 Å². The van der Waals surface area contributed by atoms with E-state index < -0.39 is 18.4 Å². The van der Waals surface area contributed by atoms with Gasteiger partial charge in [0.25, 0.3) is 0 Å². The van der Waals surface area contributed by atoms with E-state index in [1.807, 2.05) is 6.07 Å². The van der Waals surface area contributed by atoms with Crippen molar-refractivity contribution in [3.8, 4) is 11.5 Å². The maximum absolute atomic E-state index is 12.9. The van der Waals surface area contributed by atoms with E-state index in [-0.39, 0.29) is 18.9 Å². The number of amides is 3. The number of benzene rings is 2. The van der Waals surface area contributed by atoms with Gasteiger partial charge < -0.3 is 19.7 Å². The number of hydrogen-bond donors (Lipinski definition) is 3. The van der Waals surface area contributed by atoms with Gasteiger partial charge in [0, 0.05) is 6.54 Å². The van der Waals surface area contributed by atoms with E-state index >= 15 is 0 Å². The molecule has 0 unspecified atom stereocenters. The van der Waals surface area contributed by atoms with Crippen molar-refractivity contribution in [2.75, 3.05) is 6.54 Å². The third-order valence-corrected chi connectivity index (χ3v) is 3.62. The Kier molecular flexibility index (Phi) is 5.18. The van der Waals surface area contributed by atoms with Crippen molar-refractivity contribution in [1.29, 1.82) is 0 Å². The zero-order chi connectivity index (χ0) is 18.5. The number of carbonyl (C=O) groups is 2. The minimum absolute atomic E-state index is 0.134.